The molecule has 11 heteroatoms. The van der Waals surface area contributed by atoms with Gasteiger partial charge in [0.2, 0.25) is 16.0 Å². The molecule has 1 aliphatic heterocycles. The van der Waals surface area contributed by atoms with Gasteiger partial charge < -0.3 is 15.1 Å². The Morgan fingerprint density at radius 2 is 1.96 bits per heavy atom. The average molecular weight is 424 g/mol. The summed E-state index contributed by atoms with van der Waals surface area (Å²) in [4.78, 5) is 17.5. The van der Waals surface area contributed by atoms with Crippen LogP contribution in [0.4, 0.5) is 5.95 Å². The lowest BCUT2D eigenvalue weighted by Crippen LogP contribution is -2.53. The highest BCUT2D eigenvalue weighted by molar-refractivity contribution is 7.91. The van der Waals surface area contributed by atoms with E-state index >= 15 is 0 Å². The van der Waals surface area contributed by atoms with E-state index < -0.39 is 10.0 Å². The number of aliphatic imine (C=N–C) groups is 1. The van der Waals surface area contributed by atoms with Crippen molar-refractivity contribution < 1.29 is 8.42 Å². The van der Waals surface area contributed by atoms with Gasteiger partial charge in [-0.15, -0.1) is 11.3 Å². The van der Waals surface area contributed by atoms with E-state index in [1.54, 1.807) is 29.9 Å². The van der Waals surface area contributed by atoms with Gasteiger partial charge in [-0.2, -0.15) is 0 Å². The normalized spacial score (nSPS) is 15.7. The number of sulfonamides is 1. The van der Waals surface area contributed by atoms with Crippen molar-refractivity contribution in [1.82, 2.24) is 24.9 Å². The molecule has 3 rings (SSSR count). The van der Waals surface area contributed by atoms with Crippen LogP contribution in [-0.4, -0.2) is 75.1 Å². The van der Waals surface area contributed by atoms with Crippen molar-refractivity contribution in [2.45, 2.75) is 11.1 Å². The SMILES string of the molecule is CCNC(=NCCNS(=O)(=O)c1cccs1)N1CCN(c2ncccn2)CC1. The van der Waals surface area contributed by atoms with Crippen molar-refractivity contribution in [2.75, 3.05) is 50.7 Å². The predicted molar refractivity (Wildman–Crippen MR) is 111 cm³/mol. The Labute approximate surface area is 169 Å². The second-order valence-electron chi connectivity index (χ2n) is 6.09. The van der Waals surface area contributed by atoms with E-state index in [9.17, 15) is 8.42 Å². The number of anilines is 1. The summed E-state index contributed by atoms with van der Waals surface area (Å²) < 4.78 is 27.2. The molecule has 0 radical (unpaired) electrons. The third kappa shape index (κ3) is 5.40. The van der Waals surface area contributed by atoms with E-state index in [1.165, 1.54) is 11.3 Å². The van der Waals surface area contributed by atoms with Gasteiger partial charge in [0, 0.05) is 51.7 Å². The predicted octanol–water partition coefficient (Wildman–Crippen LogP) is 0.604. The first-order valence-corrected chi connectivity index (χ1v) is 11.5. The fourth-order valence-electron chi connectivity index (χ4n) is 2.83. The number of nitrogens with zero attached hydrogens (tertiary/aromatic N) is 5. The Morgan fingerprint density at radius 3 is 2.61 bits per heavy atom. The zero-order chi connectivity index (χ0) is 19.8. The Morgan fingerprint density at radius 1 is 1.21 bits per heavy atom. The van der Waals surface area contributed by atoms with Crippen molar-refractivity contribution in [2.24, 2.45) is 4.99 Å². The molecule has 0 aliphatic carbocycles. The monoisotopic (exact) mass is 423 g/mol. The molecule has 2 aromatic heterocycles. The summed E-state index contributed by atoms with van der Waals surface area (Å²) in [6.45, 7) is 6.60. The lowest BCUT2D eigenvalue weighted by atomic mass is 10.3. The van der Waals surface area contributed by atoms with Gasteiger partial charge >= 0.3 is 0 Å². The highest BCUT2D eigenvalue weighted by Crippen LogP contribution is 2.15. The third-order valence-corrected chi connectivity index (χ3v) is 7.03. The summed E-state index contributed by atoms with van der Waals surface area (Å²) >= 11 is 1.20. The maximum absolute atomic E-state index is 12.1. The Kier molecular flexibility index (Phi) is 7.18. The molecule has 0 saturated carbocycles. The molecule has 1 fully saturated rings. The summed E-state index contributed by atoms with van der Waals surface area (Å²) in [5, 5.41) is 5.03. The second-order valence-corrected chi connectivity index (χ2v) is 9.03. The van der Waals surface area contributed by atoms with Gasteiger partial charge in [0.25, 0.3) is 0 Å². The fraction of sp³-hybridized carbons (Fsp3) is 0.471. The van der Waals surface area contributed by atoms with Crippen molar-refractivity contribution in [3.05, 3.63) is 36.0 Å². The van der Waals surface area contributed by atoms with Gasteiger partial charge in [0.15, 0.2) is 5.96 Å². The molecule has 1 saturated heterocycles. The lowest BCUT2D eigenvalue weighted by Gasteiger charge is -2.36. The molecule has 0 unspecified atom stereocenters. The van der Waals surface area contributed by atoms with Crippen LogP contribution in [0.15, 0.2) is 45.2 Å². The highest BCUT2D eigenvalue weighted by atomic mass is 32.2. The van der Waals surface area contributed by atoms with Crippen LogP contribution in [0.25, 0.3) is 0 Å². The first-order chi connectivity index (χ1) is 13.6. The van der Waals surface area contributed by atoms with E-state index in [0.717, 1.165) is 44.6 Å². The maximum atomic E-state index is 12.1. The van der Waals surface area contributed by atoms with E-state index in [2.05, 4.69) is 34.8 Å². The summed E-state index contributed by atoms with van der Waals surface area (Å²) in [7, 11) is -3.45. The van der Waals surface area contributed by atoms with Crippen molar-refractivity contribution in [3.8, 4) is 0 Å². The van der Waals surface area contributed by atoms with Crippen LogP contribution in [-0.2, 0) is 10.0 Å². The minimum atomic E-state index is -3.45. The summed E-state index contributed by atoms with van der Waals surface area (Å²) in [5.74, 6) is 1.54. The van der Waals surface area contributed by atoms with E-state index in [1.807, 2.05) is 13.0 Å². The van der Waals surface area contributed by atoms with Gasteiger partial charge in [-0.1, -0.05) is 6.07 Å². The van der Waals surface area contributed by atoms with Crippen LogP contribution in [0, 0.1) is 0 Å². The topological polar surface area (TPSA) is 103 Å². The minimum absolute atomic E-state index is 0.257. The number of hydrogen-bond acceptors (Lipinski definition) is 7. The smallest absolute Gasteiger partial charge is 0.250 e. The number of hydrogen-bond donors (Lipinski definition) is 2. The first-order valence-electron chi connectivity index (χ1n) is 9.18. The molecule has 0 spiro atoms. The van der Waals surface area contributed by atoms with Gasteiger partial charge in [-0.25, -0.2) is 23.1 Å². The molecule has 0 bridgehead atoms. The molecule has 3 heterocycles. The molecule has 2 aromatic rings. The van der Waals surface area contributed by atoms with Crippen molar-refractivity contribution in [3.63, 3.8) is 0 Å². The highest BCUT2D eigenvalue weighted by Gasteiger charge is 2.21. The van der Waals surface area contributed by atoms with Crippen LogP contribution in [0.3, 0.4) is 0 Å². The molecule has 2 N–H and O–H groups in total. The van der Waals surface area contributed by atoms with Crippen molar-refractivity contribution in [1.29, 1.82) is 0 Å². The Bertz CT molecular complexity index is 849. The number of guanidine groups is 1. The third-order valence-electron chi connectivity index (χ3n) is 4.17. The molecule has 0 amide bonds. The second kappa shape index (κ2) is 9.80. The average Bonchev–Trinajstić information content (AvgIpc) is 3.27. The maximum Gasteiger partial charge on any atom is 0.250 e. The molecular weight excluding hydrogens is 398 g/mol. The molecule has 1 aliphatic rings. The van der Waals surface area contributed by atoms with Crippen LogP contribution >= 0.6 is 11.3 Å². The van der Waals surface area contributed by atoms with Crippen LogP contribution in [0.2, 0.25) is 0 Å². The van der Waals surface area contributed by atoms with Crippen molar-refractivity contribution >= 4 is 33.3 Å². The largest absolute Gasteiger partial charge is 0.357 e. The van der Waals surface area contributed by atoms with Gasteiger partial charge in [0.05, 0.1) is 6.54 Å². The molecule has 0 aromatic carbocycles. The minimum Gasteiger partial charge on any atom is -0.357 e. The summed E-state index contributed by atoms with van der Waals surface area (Å²) in [5.41, 5.74) is 0. The zero-order valence-electron chi connectivity index (χ0n) is 15.8. The summed E-state index contributed by atoms with van der Waals surface area (Å²) in [6.07, 6.45) is 3.49. The van der Waals surface area contributed by atoms with Gasteiger partial charge in [-0.3, -0.25) is 4.99 Å². The van der Waals surface area contributed by atoms with E-state index in [-0.39, 0.29) is 6.54 Å². The lowest BCUT2D eigenvalue weighted by molar-refractivity contribution is 0.370. The van der Waals surface area contributed by atoms with Crippen LogP contribution < -0.4 is 14.9 Å². The van der Waals surface area contributed by atoms with Crippen LogP contribution in [0.1, 0.15) is 6.92 Å². The number of rotatable bonds is 7. The van der Waals surface area contributed by atoms with Gasteiger partial charge in [0.1, 0.15) is 4.21 Å². The molecule has 28 heavy (non-hydrogen) atoms. The zero-order valence-corrected chi connectivity index (χ0v) is 17.4. The number of nitrogens with one attached hydrogen (secondary N) is 2. The molecule has 9 nitrogen and oxygen atoms in total. The van der Waals surface area contributed by atoms with E-state index in [4.69, 9.17) is 0 Å². The van der Waals surface area contributed by atoms with E-state index in [0.29, 0.717) is 10.8 Å². The summed E-state index contributed by atoms with van der Waals surface area (Å²) in [6, 6.07) is 5.12. The standard InChI is InChI=1S/C17H25N7O2S2/c1-2-18-16(21-8-9-22-28(25,26)15-5-3-14-27-15)23-10-12-24(13-11-23)17-19-6-4-7-20-17/h3-7,14,22H,2,8-13H2,1H3,(H,18,21). The Balaban J connectivity index is 1.52. The number of thiophene rings is 1. The molecule has 0 atom stereocenters. The molecule has 152 valence electrons. The number of piperazine rings is 1. The molecular formula is C17H25N7O2S2. The van der Waals surface area contributed by atoms with Crippen LogP contribution in [0.5, 0.6) is 0 Å². The van der Waals surface area contributed by atoms with Gasteiger partial charge in [-0.05, 0) is 24.4 Å². The number of aromatic nitrogens is 2. The Hall–Kier alpha value is -2.24. The first kappa shape index (κ1) is 20.5. The quantitative estimate of drug-likeness (QED) is 0.382. The fourth-order valence-corrected chi connectivity index (χ4v) is 4.89.